The highest BCUT2D eigenvalue weighted by molar-refractivity contribution is 8.03. The molecular weight excluding hydrogens is 186 g/mol. The van der Waals surface area contributed by atoms with Crippen molar-refractivity contribution in [1.29, 1.82) is 0 Å². The predicted molar refractivity (Wildman–Crippen MR) is 51.7 cm³/mol. The zero-order chi connectivity index (χ0) is 8.67. The molecule has 6 heteroatoms. The van der Waals surface area contributed by atoms with E-state index in [4.69, 9.17) is 0 Å². The van der Waals surface area contributed by atoms with Crippen LogP contribution < -0.4 is 21.6 Å². The lowest BCUT2D eigenvalue weighted by Crippen LogP contribution is -2.41. The highest BCUT2D eigenvalue weighted by atomic mass is 32.2. The van der Waals surface area contributed by atoms with Crippen molar-refractivity contribution in [2.24, 2.45) is 0 Å². The number of thioether (sulfide) groups is 1. The van der Waals surface area contributed by atoms with Gasteiger partial charge in [0, 0.05) is 18.4 Å². The van der Waals surface area contributed by atoms with Gasteiger partial charge < -0.3 is 10.7 Å². The number of hydrogen-bond acceptors (Lipinski definition) is 6. The standard InChI is InChI=1S/C7H11N5S/c1-2-13-7-5(8-1)3-6-10-9-4-12(6)11-7/h3,8-11H,1-2,4H2. The zero-order valence-electron chi connectivity index (χ0n) is 7.05. The molecule has 3 aliphatic heterocycles. The topological polar surface area (TPSA) is 51.4 Å². The van der Waals surface area contributed by atoms with Crippen molar-refractivity contribution in [1.82, 2.24) is 26.6 Å². The van der Waals surface area contributed by atoms with E-state index in [1.54, 1.807) is 0 Å². The maximum absolute atomic E-state index is 3.36. The van der Waals surface area contributed by atoms with E-state index < -0.39 is 0 Å². The fraction of sp³-hybridized carbons (Fsp3) is 0.429. The molecule has 0 spiro atoms. The SMILES string of the molecule is C1=C2NNCN2NC2=C1NCCS2. The fourth-order valence-corrected chi connectivity index (χ4v) is 2.41. The molecule has 0 unspecified atom stereocenters. The number of nitrogens with one attached hydrogen (secondary N) is 4. The van der Waals surface area contributed by atoms with Gasteiger partial charge in [-0.2, -0.15) is 0 Å². The van der Waals surface area contributed by atoms with Crippen molar-refractivity contribution in [3.05, 3.63) is 22.6 Å². The molecule has 3 rings (SSSR count). The molecule has 4 N–H and O–H groups in total. The average Bonchev–Trinajstić information content (AvgIpc) is 2.61. The minimum atomic E-state index is 0.795. The Kier molecular flexibility index (Phi) is 1.56. The lowest BCUT2D eigenvalue weighted by atomic mass is 10.3. The first-order valence-electron chi connectivity index (χ1n) is 4.29. The summed E-state index contributed by atoms with van der Waals surface area (Å²) in [6.45, 7) is 1.84. The van der Waals surface area contributed by atoms with Gasteiger partial charge in [0.15, 0.2) is 0 Å². The molecule has 0 aromatic heterocycles. The van der Waals surface area contributed by atoms with Gasteiger partial charge in [-0.25, -0.2) is 5.43 Å². The third-order valence-electron chi connectivity index (χ3n) is 2.17. The average molecular weight is 197 g/mol. The van der Waals surface area contributed by atoms with Gasteiger partial charge in [0.1, 0.15) is 17.5 Å². The van der Waals surface area contributed by atoms with Crippen molar-refractivity contribution < 1.29 is 0 Å². The van der Waals surface area contributed by atoms with Crippen LogP contribution in [-0.2, 0) is 0 Å². The summed E-state index contributed by atoms with van der Waals surface area (Å²) in [4.78, 5) is 0. The molecule has 5 nitrogen and oxygen atoms in total. The molecule has 0 radical (unpaired) electrons. The summed E-state index contributed by atoms with van der Waals surface area (Å²) in [6.07, 6.45) is 2.12. The number of hydrazine groups is 2. The van der Waals surface area contributed by atoms with Gasteiger partial charge in [-0.15, -0.1) is 11.8 Å². The summed E-state index contributed by atoms with van der Waals surface area (Å²) in [6, 6.07) is 0. The van der Waals surface area contributed by atoms with Crippen molar-refractivity contribution >= 4 is 11.8 Å². The lowest BCUT2D eigenvalue weighted by molar-refractivity contribution is 0.308. The van der Waals surface area contributed by atoms with Crippen LogP contribution in [-0.4, -0.2) is 24.0 Å². The minimum Gasteiger partial charge on any atom is -0.382 e. The summed E-state index contributed by atoms with van der Waals surface area (Å²) >= 11 is 1.86. The van der Waals surface area contributed by atoms with E-state index in [2.05, 4.69) is 32.7 Å². The second kappa shape index (κ2) is 2.74. The Balaban J connectivity index is 1.93. The van der Waals surface area contributed by atoms with Gasteiger partial charge in [-0.1, -0.05) is 0 Å². The first-order valence-corrected chi connectivity index (χ1v) is 5.28. The van der Waals surface area contributed by atoms with E-state index in [0.29, 0.717) is 0 Å². The van der Waals surface area contributed by atoms with Crippen LogP contribution >= 0.6 is 11.8 Å². The van der Waals surface area contributed by atoms with E-state index in [9.17, 15) is 0 Å². The number of allylic oxidation sites excluding steroid dienone is 1. The largest absolute Gasteiger partial charge is 0.382 e. The summed E-state index contributed by atoms with van der Waals surface area (Å²) < 4.78 is 0. The van der Waals surface area contributed by atoms with E-state index >= 15 is 0 Å². The van der Waals surface area contributed by atoms with E-state index in [1.807, 2.05) is 11.8 Å². The third-order valence-corrected chi connectivity index (χ3v) is 3.18. The molecule has 1 fully saturated rings. The number of hydrogen-bond donors (Lipinski definition) is 4. The van der Waals surface area contributed by atoms with Crippen molar-refractivity contribution in [2.75, 3.05) is 19.0 Å². The van der Waals surface area contributed by atoms with Gasteiger partial charge >= 0.3 is 0 Å². The maximum atomic E-state index is 3.36. The summed E-state index contributed by atoms with van der Waals surface area (Å²) in [5.41, 5.74) is 10.7. The predicted octanol–water partition coefficient (Wildman–Crippen LogP) is -0.781. The van der Waals surface area contributed by atoms with Crippen LogP contribution in [0.5, 0.6) is 0 Å². The summed E-state index contributed by atoms with van der Waals surface area (Å²) in [5.74, 6) is 2.21. The van der Waals surface area contributed by atoms with Gasteiger partial charge in [0.05, 0.1) is 5.70 Å². The van der Waals surface area contributed by atoms with Crippen LogP contribution in [0, 0.1) is 0 Å². The first-order chi connectivity index (χ1) is 6.43. The van der Waals surface area contributed by atoms with Gasteiger partial charge in [0.25, 0.3) is 0 Å². The maximum Gasteiger partial charge on any atom is 0.138 e. The molecule has 70 valence electrons. The Morgan fingerprint density at radius 2 is 2.46 bits per heavy atom. The Hall–Kier alpha value is -1.01. The smallest absolute Gasteiger partial charge is 0.138 e. The molecule has 1 saturated heterocycles. The lowest BCUT2D eigenvalue weighted by Gasteiger charge is -2.30. The van der Waals surface area contributed by atoms with E-state index in [1.165, 1.54) is 10.7 Å². The second-order valence-corrected chi connectivity index (χ2v) is 4.15. The van der Waals surface area contributed by atoms with E-state index in [-0.39, 0.29) is 0 Å². The van der Waals surface area contributed by atoms with Crippen LogP contribution in [0.2, 0.25) is 0 Å². The second-order valence-electron chi connectivity index (χ2n) is 3.05. The number of rotatable bonds is 0. The van der Waals surface area contributed by atoms with Crippen LogP contribution in [0.3, 0.4) is 0 Å². The zero-order valence-corrected chi connectivity index (χ0v) is 7.87. The highest BCUT2D eigenvalue weighted by Gasteiger charge is 2.24. The third kappa shape index (κ3) is 1.13. The quantitative estimate of drug-likeness (QED) is 0.409. The molecule has 0 amide bonds. The van der Waals surface area contributed by atoms with E-state index in [0.717, 1.165) is 24.8 Å². The fourth-order valence-electron chi connectivity index (χ4n) is 1.54. The molecule has 0 saturated carbocycles. The molecule has 3 heterocycles. The Bertz CT molecular complexity index is 297. The van der Waals surface area contributed by atoms with Gasteiger partial charge in [0.2, 0.25) is 0 Å². The molecule has 0 aliphatic carbocycles. The molecular formula is C7H11N5S. The van der Waals surface area contributed by atoms with Crippen molar-refractivity contribution in [3.8, 4) is 0 Å². The van der Waals surface area contributed by atoms with Gasteiger partial charge in [-0.3, -0.25) is 10.4 Å². The normalized spacial score (nSPS) is 25.2. The van der Waals surface area contributed by atoms with Crippen LogP contribution in [0.4, 0.5) is 0 Å². The summed E-state index contributed by atoms with van der Waals surface area (Å²) in [7, 11) is 0. The minimum absolute atomic E-state index is 0.795. The Morgan fingerprint density at radius 1 is 1.46 bits per heavy atom. The first kappa shape index (κ1) is 7.40. The van der Waals surface area contributed by atoms with Crippen molar-refractivity contribution in [2.45, 2.75) is 0 Å². The Morgan fingerprint density at radius 3 is 3.46 bits per heavy atom. The molecule has 0 bridgehead atoms. The number of fused-ring (bicyclic) bond motifs is 1. The van der Waals surface area contributed by atoms with Crippen LogP contribution in [0.15, 0.2) is 22.6 Å². The van der Waals surface area contributed by atoms with Gasteiger partial charge in [-0.05, 0) is 0 Å². The molecule has 13 heavy (non-hydrogen) atoms. The summed E-state index contributed by atoms with van der Waals surface area (Å²) in [5, 5.41) is 6.64. The number of nitrogens with zero attached hydrogens (tertiary/aromatic N) is 1. The monoisotopic (exact) mass is 197 g/mol. The van der Waals surface area contributed by atoms with Crippen LogP contribution in [0.1, 0.15) is 0 Å². The van der Waals surface area contributed by atoms with Crippen molar-refractivity contribution in [3.63, 3.8) is 0 Å². The van der Waals surface area contributed by atoms with Crippen LogP contribution in [0.25, 0.3) is 0 Å². The molecule has 0 aromatic carbocycles. The highest BCUT2D eigenvalue weighted by Crippen LogP contribution is 2.25. The molecule has 3 aliphatic rings. The molecule has 0 aromatic rings. The molecule has 0 atom stereocenters. The Labute approximate surface area is 80.6 Å².